The van der Waals surface area contributed by atoms with E-state index in [9.17, 15) is 4.79 Å². The Labute approximate surface area is 127 Å². The summed E-state index contributed by atoms with van der Waals surface area (Å²) in [5.74, 6) is 1.26. The van der Waals surface area contributed by atoms with E-state index < -0.39 is 0 Å². The van der Waals surface area contributed by atoms with Gasteiger partial charge in [0.2, 0.25) is 0 Å². The number of carbonyl (C=O) groups is 1. The molecule has 112 valence electrons. The van der Waals surface area contributed by atoms with Crippen molar-refractivity contribution in [1.29, 1.82) is 0 Å². The monoisotopic (exact) mass is 293 g/mol. The highest BCUT2D eigenvalue weighted by atomic mass is 32.2. The van der Waals surface area contributed by atoms with E-state index in [4.69, 9.17) is 0 Å². The van der Waals surface area contributed by atoms with Gasteiger partial charge in [0, 0.05) is 17.9 Å². The molecule has 20 heavy (non-hydrogen) atoms. The van der Waals surface area contributed by atoms with Crippen LogP contribution in [0.4, 0.5) is 0 Å². The van der Waals surface area contributed by atoms with Gasteiger partial charge in [-0.25, -0.2) is 0 Å². The number of benzene rings is 1. The smallest absolute Gasteiger partial charge is 0.175 e. The Hall–Kier alpha value is -0.800. The van der Waals surface area contributed by atoms with Crippen molar-refractivity contribution in [2.75, 3.05) is 25.4 Å². The van der Waals surface area contributed by atoms with E-state index in [1.54, 1.807) is 11.8 Å². The third-order valence-corrected chi connectivity index (χ3v) is 4.82. The third kappa shape index (κ3) is 5.29. The number of hydrogen-bond acceptors (Lipinski definition) is 3. The lowest BCUT2D eigenvalue weighted by atomic mass is 10.1. The SMILES string of the molecule is CCc1ccc(C(=O)C(C)SCCN(CC)CC)cc1. The maximum absolute atomic E-state index is 12.3. The van der Waals surface area contributed by atoms with Crippen molar-refractivity contribution >= 4 is 17.5 Å². The Balaban J connectivity index is 2.45. The molecule has 0 heterocycles. The number of carbonyl (C=O) groups excluding carboxylic acids is 1. The number of ketones is 1. The molecule has 0 aliphatic carbocycles. The molecule has 1 rings (SSSR count). The fourth-order valence-corrected chi connectivity index (χ4v) is 3.12. The summed E-state index contributed by atoms with van der Waals surface area (Å²) in [7, 11) is 0. The van der Waals surface area contributed by atoms with Crippen LogP contribution in [0.5, 0.6) is 0 Å². The molecule has 1 unspecified atom stereocenters. The second kappa shape index (κ2) is 9.19. The minimum Gasteiger partial charge on any atom is -0.303 e. The van der Waals surface area contributed by atoms with Gasteiger partial charge in [-0.3, -0.25) is 4.79 Å². The van der Waals surface area contributed by atoms with Crippen LogP contribution in [-0.2, 0) is 6.42 Å². The van der Waals surface area contributed by atoms with Gasteiger partial charge < -0.3 is 4.90 Å². The lowest BCUT2D eigenvalue weighted by Crippen LogP contribution is -2.26. The molecule has 0 fully saturated rings. The first-order valence-corrected chi connectivity index (χ1v) is 8.64. The first kappa shape index (κ1) is 17.3. The number of nitrogens with zero attached hydrogens (tertiary/aromatic N) is 1. The number of Topliss-reactive ketones (excluding diaryl/α,β-unsaturated/α-hetero) is 1. The predicted octanol–water partition coefficient (Wildman–Crippen LogP) is 3.90. The Morgan fingerprint density at radius 2 is 1.75 bits per heavy atom. The predicted molar refractivity (Wildman–Crippen MR) is 89.9 cm³/mol. The summed E-state index contributed by atoms with van der Waals surface area (Å²) in [5.41, 5.74) is 2.12. The highest BCUT2D eigenvalue weighted by Crippen LogP contribution is 2.17. The van der Waals surface area contributed by atoms with Gasteiger partial charge in [0.1, 0.15) is 0 Å². The van der Waals surface area contributed by atoms with Crippen LogP contribution in [0.15, 0.2) is 24.3 Å². The molecule has 0 radical (unpaired) electrons. The minimum absolute atomic E-state index is 0.0399. The lowest BCUT2D eigenvalue weighted by molar-refractivity contribution is 0.0994. The Kier molecular flexibility index (Phi) is 7.93. The number of thioether (sulfide) groups is 1. The molecule has 0 bridgehead atoms. The van der Waals surface area contributed by atoms with E-state index >= 15 is 0 Å². The molecule has 1 aromatic carbocycles. The second-order valence-electron chi connectivity index (χ2n) is 4.95. The standard InChI is InChI=1S/C17H27NOS/c1-5-15-8-10-16(11-9-15)17(19)14(4)20-13-12-18(6-2)7-3/h8-11,14H,5-7,12-13H2,1-4H3. The molecule has 3 heteroatoms. The highest BCUT2D eigenvalue weighted by molar-refractivity contribution is 8.00. The van der Waals surface area contributed by atoms with Gasteiger partial charge in [-0.15, -0.1) is 11.8 Å². The largest absolute Gasteiger partial charge is 0.303 e. The van der Waals surface area contributed by atoms with Crippen molar-refractivity contribution in [1.82, 2.24) is 4.90 Å². The van der Waals surface area contributed by atoms with Crippen LogP contribution in [0.2, 0.25) is 0 Å². The zero-order valence-corrected chi connectivity index (χ0v) is 14.0. The van der Waals surface area contributed by atoms with Gasteiger partial charge in [-0.2, -0.15) is 0 Å². The van der Waals surface area contributed by atoms with Gasteiger partial charge in [0.05, 0.1) is 5.25 Å². The van der Waals surface area contributed by atoms with E-state index in [0.717, 1.165) is 37.4 Å². The number of hydrogen-bond donors (Lipinski definition) is 0. The van der Waals surface area contributed by atoms with Crippen molar-refractivity contribution in [3.8, 4) is 0 Å². The fraction of sp³-hybridized carbons (Fsp3) is 0.588. The van der Waals surface area contributed by atoms with Crippen LogP contribution in [0.3, 0.4) is 0 Å². The van der Waals surface area contributed by atoms with E-state index in [2.05, 4.69) is 37.8 Å². The number of aryl methyl sites for hydroxylation is 1. The Bertz CT molecular complexity index is 398. The minimum atomic E-state index is 0.0399. The van der Waals surface area contributed by atoms with Crippen molar-refractivity contribution in [3.05, 3.63) is 35.4 Å². The van der Waals surface area contributed by atoms with Gasteiger partial charge in [0.15, 0.2) is 5.78 Å². The molecule has 1 atom stereocenters. The van der Waals surface area contributed by atoms with Crippen LogP contribution in [0, 0.1) is 0 Å². The molecular formula is C17H27NOS. The quantitative estimate of drug-likeness (QED) is 0.644. The molecule has 1 aromatic rings. The van der Waals surface area contributed by atoms with Crippen molar-refractivity contribution in [2.45, 2.75) is 39.4 Å². The van der Waals surface area contributed by atoms with Crippen LogP contribution < -0.4 is 0 Å². The Morgan fingerprint density at radius 1 is 1.15 bits per heavy atom. The second-order valence-corrected chi connectivity index (χ2v) is 6.40. The third-order valence-electron chi connectivity index (χ3n) is 3.69. The summed E-state index contributed by atoms with van der Waals surface area (Å²) < 4.78 is 0. The van der Waals surface area contributed by atoms with Gasteiger partial charge in [0.25, 0.3) is 0 Å². The van der Waals surface area contributed by atoms with E-state index in [-0.39, 0.29) is 11.0 Å². The molecule has 0 amide bonds. The van der Waals surface area contributed by atoms with Crippen molar-refractivity contribution < 1.29 is 4.79 Å². The molecule has 0 saturated heterocycles. The maximum atomic E-state index is 12.3. The molecule has 0 spiro atoms. The van der Waals surface area contributed by atoms with Gasteiger partial charge in [-0.1, -0.05) is 45.0 Å². The van der Waals surface area contributed by atoms with Crippen LogP contribution in [0.25, 0.3) is 0 Å². The Morgan fingerprint density at radius 3 is 2.25 bits per heavy atom. The topological polar surface area (TPSA) is 20.3 Å². The van der Waals surface area contributed by atoms with Crippen LogP contribution in [0.1, 0.15) is 43.6 Å². The summed E-state index contributed by atoms with van der Waals surface area (Å²) in [5, 5.41) is 0.0399. The van der Waals surface area contributed by atoms with Gasteiger partial charge >= 0.3 is 0 Å². The molecule has 0 N–H and O–H groups in total. The lowest BCUT2D eigenvalue weighted by Gasteiger charge is -2.18. The van der Waals surface area contributed by atoms with Gasteiger partial charge in [-0.05, 0) is 32.0 Å². The van der Waals surface area contributed by atoms with Crippen molar-refractivity contribution in [2.24, 2.45) is 0 Å². The molecule has 0 aliphatic rings. The van der Waals surface area contributed by atoms with Crippen LogP contribution in [-0.4, -0.2) is 41.3 Å². The molecule has 0 aliphatic heterocycles. The molecule has 0 saturated carbocycles. The van der Waals surface area contributed by atoms with Crippen LogP contribution >= 0.6 is 11.8 Å². The molecular weight excluding hydrogens is 266 g/mol. The average molecular weight is 293 g/mol. The summed E-state index contributed by atoms with van der Waals surface area (Å²) in [6.45, 7) is 11.7. The average Bonchev–Trinajstić information content (AvgIpc) is 2.50. The fourth-order valence-electron chi connectivity index (χ4n) is 2.11. The first-order chi connectivity index (χ1) is 9.62. The highest BCUT2D eigenvalue weighted by Gasteiger charge is 2.15. The summed E-state index contributed by atoms with van der Waals surface area (Å²) >= 11 is 1.76. The summed E-state index contributed by atoms with van der Waals surface area (Å²) in [6, 6.07) is 8.03. The van der Waals surface area contributed by atoms with Crippen molar-refractivity contribution in [3.63, 3.8) is 0 Å². The van der Waals surface area contributed by atoms with E-state index in [0.29, 0.717) is 0 Å². The van der Waals surface area contributed by atoms with E-state index in [1.165, 1.54) is 5.56 Å². The summed E-state index contributed by atoms with van der Waals surface area (Å²) in [4.78, 5) is 14.7. The first-order valence-electron chi connectivity index (χ1n) is 7.59. The van der Waals surface area contributed by atoms with E-state index in [1.807, 2.05) is 19.1 Å². The zero-order valence-electron chi connectivity index (χ0n) is 13.2. The maximum Gasteiger partial charge on any atom is 0.175 e. The molecule has 2 nitrogen and oxygen atoms in total. The zero-order chi connectivity index (χ0) is 15.0. The molecule has 0 aromatic heterocycles. The summed E-state index contributed by atoms with van der Waals surface area (Å²) in [6.07, 6.45) is 1.02. The normalized spacial score (nSPS) is 12.7. The number of rotatable bonds is 9.